The Labute approximate surface area is 242 Å². The summed E-state index contributed by atoms with van der Waals surface area (Å²) in [7, 11) is -2.15. The predicted molar refractivity (Wildman–Crippen MR) is 178 cm³/mol. The van der Waals surface area contributed by atoms with E-state index in [-0.39, 0.29) is 0 Å². The molecule has 0 aliphatic heterocycles. The summed E-state index contributed by atoms with van der Waals surface area (Å²) in [6.07, 6.45) is 4.98. The van der Waals surface area contributed by atoms with Crippen LogP contribution in [-0.4, -0.2) is 18.0 Å². The zero-order valence-corrected chi connectivity index (χ0v) is 25.0. The third kappa shape index (κ3) is 3.62. The topological polar surface area (TPSA) is 31.6 Å². The summed E-state index contributed by atoms with van der Waals surface area (Å²) >= 11 is 0. The number of aromatic amines is 2. The highest BCUT2D eigenvalue weighted by Crippen LogP contribution is 2.57. The Morgan fingerprint density at radius 1 is 0.537 bits per heavy atom. The minimum absolute atomic E-state index is 0.367. The molecule has 41 heavy (non-hydrogen) atoms. The molecule has 2 unspecified atom stereocenters. The van der Waals surface area contributed by atoms with Gasteiger partial charge >= 0.3 is 0 Å². The summed E-state index contributed by atoms with van der Waals surface area (Å²) < 4.78 is 0. The van der Waals surface area contributed by atoms with Gasteiger partial charge in [-0.3, -0.25) is 0 Å². The van der Waals surface area contributed by atoms with Crippen molar-refractivity contribution >= 4 is 53.2 Å². The maximum atomic E-state index is 3.58. The fraction of sp³-hybridized carbons (Fsp3) is 0.158. The van der Waals surface area contributed by atoms with E-state index >= 15 is 0 Å². The predicted octanol–water partition coefficient (Wildman–Crippen LogP) is 10.0. The molecule has 0 amide bonds. The van der Waals surface area contributed by atoms with E-state index in [1.165, 1.54) is 77.7 Å². The molecular formula is C38H34N2Si. The number of hydrogen-bond donors (Lipinski definition) is 2. The maximum absolute atomic E-state index is 3.58. The lowest BCUT2D eigenvalue weighted by Gasteiger charge is -2.40. The molecule has 2 aliphatic rings. The Hall–Kier alpha value is -4.34. The van der Waals surface area contributed by atoms with Gasteiger partial charge in [0.1, 0.15) is 0 Å². The van der Waals surface area contributed by atoms with Gasteiger partial charge in [0.25, 0.3) is 0 Å². The fourth-order valence-electron chi connectivity index (χ4n) is 7.98. The van der Waals surface area contributed by atoms with Crippen molar-refractivity contribution in [3.05, 3.63) is 142 Å². The van der Waals surface area contributed by atoms with Crippen LogP contribution >= 0.6 is 0 Å². The summed E-state index contributed by atoms with van der Waals surface area (Å²) in [6, 6.07) is 36.4. The van der Waals surface area contributed by atoms with Gasteiger partial charge in [-0.1, -0.05) is 98.0 Å². The largest absolute Gasteiger partial charge is 0.359 e. The van der Waals surface area contributed by atoms with Gasteiger partial charge in [-0.25, -0.2) is 0 Å². The van der Waals surface area contributed by atoms with Gasteiger partial charge in [-0.05, 0) is 82.6 Å². The molecule has 2 atom stereocenters. The average molecular weight is 547 g/mol. The molecule has 0 fully saturated rings. The molecule has 2 aliphatic carbocycles. The monoisotopic (exact) mass is 546 g/mol. The van der Waals surface area contributed by atoms with Gasteiger partial charge in [-0.15, -0.1) is 0 Å². The second-order valence-electron chi connectivity index (χ2n) is 12.6. The van der Waals surface area contributed by atoms with E-state index in [4.69, 9.17) is 0 Å². The lowest BCUT2D eigenvalue weighted by Crippen LogP contribution is -2.42. The number of nitrogens with one attached hydrogen (secondary N) is 2. The summed E-state index contributed by atoms with van der Waals surface area (Å²) in [6.45, 7) is 9.60. The first-order valence-electron chi connectivity index (χ1n) is 14.7. The molecule has 0 saturated heterocycles. The molecule has 2 nitrogen and oxygen atoms in total. The van der Waals surface area contributed by atoms with Crippen molar-refractivity contribution in [1.29, 1.82) is 0 Å². The summed E-state index contributed by atoms with van der Waals surface area (Å²) in [4.78, 5) is 7.17. The van der Waals surface area contributed by atoms with E-state index in [1.54, 1.807) is 0 Å². The van der Waals surface area contributed by atoms with Gasteiger partial charge in [0, 0.05) is 44.3 Å². The second kappa shape index (κ2) is 8.83. The number of benzene rings is 4. The highest BCUT2D eigenvalue weighted by atomic mass is 28.3. The lowest BCUT2D eigenvalue weighted by molar-refractivity contribution is 1.07. The molecule has 2 aromatic heterocycles. The van der Waals surface area contributed by atoms with Crippen LogP contribution in [0.1, 0.15) is 55.9 Å². The number of aromatic nitrogens is 2. The van der Waals surface area contributed by atoms with Crippen molar-refractivity contribution in [1.82, 2.24) is 9.97 Å². The quantitative estimate of drug-likeness (QED) is 0.206. The van der Waals surface area contributed by atoms with Crippen molar-refractivity contribution in [3.8, 4) is 0 Å². The minimum atomic E-state index is -2.15. The van der Waals surface area contributed by atoms with Crippen LogP contribution in [-0.2, 0) is 0 Å². The van der Waals surface area contributed by atoms with Crippen LogP contribution in [0.4, 0.5) is 0 Å². The average Bonchev–Trinajstić information content (AvgIpc) is 3.72. The van der Waals surface area contributed by atoms with Crippen LogP contribution in [0.5, 0.6) is 0 Å². The zero-order valence-electron chi connectivity index (χ0n) is 24.0. The Morgan fingerprint density at radius 2 is 0.976 bits per heavy atom. The van der Waals surface area contributed by atoms with Gasteiger partial charge in [0.2, 0.25) is 0 Å². The number of hydrogen-bond acceptors (Lipinski definition) is 0. The zero-order chi connectivity index (χ0) is 27.9. The summed E-state index contributed by atoms with van der Waals surface area (Å²) in [5.41, 5.74) is 17.0. The number of rotatable bonds is 4. The highest BCUT2D eigenvalue weighted by Gasteiger charge is 2.49. The van der Waals surface area contributed by atoms with Gasteiger partial charge in [0.05, 0.1) is 8.07 Å². The van der Waals surface area contributed by atoms with Crippen molar-refractivity contribution in [3.63, 3.8) is 0 Å². The second-order valence-corrected chi connectivity index (χ2v) is 17.4. The van der Waals surface area contributed by atoms with Crippen molar-refractivity contribution < 1.29 is 0 Å². The van der Waals surface area contributed by atoms with Crippen LogP contribution in [0.2, 0.25) is 13.1 Å². The van der Waals surface area contributed by atoms with E-state index < -0.39 is 8.07 Å². The Balaban J connectivity index is 1.35. The van der Waals surface area contributed by atoms with Crippen molar-refractivity contribution in [2.24, 2.45) is 0 Å². The standard InChI is InChI=1S/C38H34N2Si/c1-23-19-31-29(15-9-17-35(31)39-23)33-21-25-11-5-7-13-27(25)37(33)41(3,4)38-28-14-8-6-12-26(28)22-34(38)30-16-10-18-36-32(30)20-24(2)40-36/h5-22,37-40H,1-4H3. The first-order chi connectivity index (χ1) is 19.9. The molecule has 200 valence electrons. The van der Waals surface area contributed by atoms with Crippen LogP contribution in [0.3, 0.4) is 0 Å². The molecule has 2 heterocycles. The summed E-state index contributed by atoms with van der Waals surface area (Å²) in [5, 5.41) is 2.66. The van der Waals surface area contributed by atoms with Crippen molar-refractivity contribution in [2.45, 2.75) is 38.0 Å². The number of fused-ring (bicyclic) bond motifs is 4. The molecule has 0 spiro atoms. The number of aryl methyl sites for hydroxylation is 2. The SMILES string of the molecule is Cc1cc2c(C3=Cc4ccccc4C3[Si](C)(C)C3C(c4cccc5[nH]c(C)cc45)=Cc4ccccc43)cccc2[nH]1. The third-order valence-electron chi connectivity index (χ3n) is 9.57. The first-order valence-corrected chi connectivity index (χ1v) is 17.8. The molecule has 0 bridgehead atoms. The Bertz CT molecular complexity index is 1920. The molecule has 8 rings (SSSR count). The lowest BCUT2D eigenvalue weighted by atomic mass is 9.98. The van der Waals surface area contributed by atoms with Crippen LogP contribution in [0.25, 0.3) is 45.1 Å². The van der Waals surface area contributed by atoms with Gasteiger partial charge < -0.3 is 9.97 Å². The maximum Gasteiger partial charge on any atom is 0.0731 e. The van der Waals surface area contributed by atoms with Crippen LogP contribution in [0, 0.1) is 13.8 Å². The number of H-pyrrole nitrogens is 2. The molecule has 2 N–H and O–H groups in total. The first kappa shape index (κ1) is 24.5. The van der Waals surface area contributed by atoms with Gasteiger partial charge in [0.15, 0.2) is 0 Å². The third-order valence-corrected chi connectivity index (χ3v) is 13.8. The molecule has 0 saturated carbocycles. The molecule has 3 heteroatoms. The van der Waals surface area contributed by atoms with Crippen LogP contribution in [0.15, 0.2) is 97.1 Å². The highest BCUT2D eigenvalue weighted by molar-refractivity contribution is 6.84. The van der Waals surface area contributed by atoms with Crippen LogP contribution < -0.4 is 0 Å². The molecular weight excluding hydrogens is 513 g/mol. The fourth-order valence-corrected chi connectivity index (χ4v) is 12.5. The van der Waals surface area contributed by atoms with Gasteiger partial charge in [-0.2, -0.15) is 0 Å². The molecule has 6 aromatic rings. The minimum Gasteiger partial charge on any atom is -0.359 e. The van der Waals surface area contributed by atoms with E-state index in [0.717, 1.165) is 0 Å². The number of allylic oxidation sites excluding steroid dienone is 2. The Morgan fingerprint density at radius 3 is 1.44 bits per heavy atom. The van der Waals surface area contributed by atoms with E-state index in [9.17, 15) is 0 Å². The molecule has 0 radical (unpaired) electrons. The van der Waals surface area contributed by atoms with E-state index in [0.29, 0.717) is 11.1 Å². The molecule has 4 aromatic carbocycles. The summed E-state index contributed by atoms with van der Waals surface area (Å²) in [5.74, 6) is 0. The Kier molecular flexibility index (Phi) is 5.26. The van der Waals surface area contributed by atoms with E-state index in [2.05, 4.69) is 146 Å². The van der Waals surface area contributed by atoms with E-state index in [1.807, 2.05) is 0 Å². The smallest absolute Gasteiger partial charge is 0.0731 e. The normalized spacial score (nSPS) is 18.0. The van der Waals surface area contributed by atoms with Crippen molar-refractivity contribution in [2.75, 3.05) is 0 Å².